The van der Waals surface area contributed by atoms with Gasteiger partial charge in [0.15, 0.2) is 0 Å². The molecule has 9 heteroatoms. The molecule has 1 unspecified atom stereocenters. The largest absolute Gasteiger partial charge is 0.508 e. The number of nitrogens with zero attached hydrogens (tertiary/aromatic N) is 1. The molecule has 3 rings (SSSR count). The Morgan fingerprint density at radius 2 is 1.74 bits per heavy atom. The van der Waals surface area contributed by atoms with Gasteiger partial charge in [0.05, 0.1) is 7.11 Å². The quantitative estimate of drug-likeness (QED) is 0.544. The number of benzene rings is 2. The van der Waals surface area contributed by atoms with Gasteiger partial charge in [0.2, 0.25) is 5.91 Å². The van der Waals surface area contributed by atoms with Crippen molar-refractivity contribution in [1.29, 1.82) is 0 Å². The zero-order valence-corrected chi connectivity index (χ0v) is 19.8. The second kappa shape index (κ2) is 10.5. The number of carbonyl (C=O) groups is 3. The first-order valence-corrected chi connectivity index (χ1v) is 11.1. The Balaban J connectivity index is 1.85. The van der Waals surface area contributed by atoms with Crippen molar-refractivity contribution in [3.63, 3.8) is 0 Å². The molecule has 34 heavy (non-hydrogen) atoms. The Morgan fingerprint density at radius 1 is 1.09 bits per heavy atom. The van der Waals surface area contributed by atoms with Crippen LogP contribution in [0.25, 0.3) is 0 Å². The molecule has 0 heterocycles. The first kappa shape index (κ1) is 24.9. The Morgan fingerprint density at radius 3 is 2.29 bits per heavy atom. The number of hydrogen-bond acceptors (Lipinski definition) is 6. The van der Waals surface area contributed by atoms with E-state index in [1.54, 1.807) is 70.3 Å². The van der Waals surface area contributed by atoms with E-state index in [1.165, 1.54) is 11.0 Å². The summed E-state index contributed by atoms with van der Waals surface area (Å²) < 4.78 is 10.4. The van der Waals surface area contributed by atoms with Crippen LogP contribution >= 0.6 is 0 Å². The number of phenols is 1. The molecule has 3 N–H and O–H groups in total. The molecule has 0 aliphatic heterocycles. The van der Waals surface area contributed by atoms with Crippen LogP contribution < -0.4 is 15.4 Å². The fourth-order valence-electron chi connectivity index (χ4n) is 3.49. The van der Waals surface area contributed by atoms with Crippen molar-refractivity contribution < 1.29 is 29.0 Å². The monoisotopic (exact) mass is 469 g/mol. The number of carbonyl (C=O) groups excluding carboxylic acids is 3. The third kappa shape index (κ3) is 6.63. The van der Waals surface area contributed by atoms with Crippen molar-refractivity contribution in [3.05, 3.63) is 54.1 Å². The van der Waals surface area contributed by atoms with E-state index >= 15 is 0 Å². The van der Waals surface area contributed by atoms with Gasteiger partial charge in [0.25, 0.3) is 5.91 Å². The number of anilines is 1. The molecule has 0 radical (unpaired) electrons. The third-order valence-corrected chi connectivity index (χ3v) is 5.13. The van der Waals surface area contributed by atoms with Crippen LogP contribution in [0.4, 0.5) is 10.5 Å². The summed E-state index contributed by atoms with van der Waals surface area (Å²) in [6.45, 7) is 4.83. The highest BCUT2D eigenvalue weighted by molar-refractivity contribution is 5.99. The van der Waals surface area contributed by atoms with E-state index in [-0.39, 0.29) is 18.3 Å². The molecule has 3 amide bonds. The summed E-state index contributed by atoms with van der Waals surface area (Å²) in [6.07, 6.45) is 0.717. The molecule has 1 aliphatic carbocycles. The lowest BCUT2D eigenvalue weighted by Gasteiger charge is -2.32. The van der Waals surface area contributed by atoms with E-state index in [1.807, 2.05) is 0 Å². The van der Waals surface area contributed by atoms with Gasteiger partial charge in [-0.2, -0.15) is 0 Å². The Kier molecular flexibility index (Phi) is 7.65. The molecule has 0 spiro atoms. The van der Waals surface area contributed by atoms with Gasteiger partial charge in [-0.1, -0.05) is 18.2 Å². The van der Waals surface area contributed by atoms with Gasteiger partial charge in [-0.05, 0) is 63.9 Å². The summed E-state index contributed by atoms with van der Waals surface area (Å²) >= 11 is 0. The molecular formula is C25H31N3O6. The van der Waals surface area contributed by atoms with Gasteiger partial charge in [-0.3, -0.25) is 9.59 Å². The lowest BCUT2D eigenvalue weighted by Crippen LogP contribution is -2.47. The summed E-state index contributed by atoms with van der Waals surface area (Å²) in [4.78, 5) is 40.2. The maximum absolute atomic E-state index is 13.5. The molecule has 9 nitrogen and oxygen atoms in total. The minimum Gasteiger partial charge on any atom is -0.508 e. The normalized spacial score (nSPS) is 14.0. The number of methoxy groups -OCH3 is 1. The van der Waals surface area contributed by atoms with E-state index in [9.17, 15) is 19.5 Å². The predicted molar refractivity (Wildman–Crippen MR) is 127 cm³/mol. The molecule has 1 aliphatic rings. The average molecular weight is 470 g/mol. The smallest absolute Gasteiger partial charge is 0.408 e. The molecule has 1 saturated carbocycles. The van der Waals surface area contributed by atoms with E-state index in [4.69, 9.17) is 9.47 Å². The van der Waals surface area contributed by atoms with E-state index in [2.05, 4.69) is 10.6 Å². The van der Waals surface area contributed by atoms with E-state index < -0.39 is 29.6 Å². The highest BCUT2D eigenvalue weighted by Gasteiger charge is 2.42. The molecule has 0 bridgehead atoms. The Bertz CT molecular complexity index is 1030. The maximum atomic E-state index is 13.5. The number of rotatable bonds is 8. The lowest BCUT2D eigenvalue weighted by atomic mass is 10.0. The fourth-order valence-corrected chi connectivity index (χ4v) is 3.49. The first-order valence-electron chi connectivity index (χ1n) is 11.1. The number of aromatic hydroxyl groups is 1. The topological polar surface area (TPSA) is 117 Å². The summed E-state index contributed by atoms with van der Waals surface area (Å²) in [5, 5.41) is 15.8. The van der Waals surface area contributed by atoms with Crippen LogP contribution in [0.15, 0.2) is 48.5 Å². The van der Waals surface area contributed by atoms with Crippen LogP contribution in [0.5, 0.6) is 11.5 Å². The first-order chi connectivity index (χ1) is 16.1. The standard InChI is InChI=1S/C25H31N3O6/c1-25(2,3)34-24(32)26-15-21(30)28(17-11-12-17)22(19-7-5-6-8-20(19)29)23(31)27-16-9-13-18(33-4)14-10-16/h5-10,13-14,17,22,29H,11-12,15H2,1-4H3,(H,26,32)(H,27,31). The number of hydrogen-bond donors (Lipinski definition) is 3. The third-order valence-electron chi connectivity index (χ3n) is 5.13. The molecule has 2 aromatic rings. The molecule has 1 fully saturated rings. The number of ether oxygens (including phenoxy) is 2. The molecular weight excluding hydrogens is 438 g/mol. The summed E-state index contributed by atoms with van der Waals surface area (Å²) in [7, 11) is 1.55. The summed E-state index contributed by atoms with van der Waals surface area (Å²) in [5.74, 6) is -0.398. The van der Waals surface area contributed by atoms with Gasteiger partial charge in [0.1, 0.15) is 29.7 Å². The summed E-state index contributed by atoms with van der Waals surface area (Å²) in [6, 6.07) is 11.9. The van der Waals surface area contributed by atoms with Crippen molar-refractivity contribution in [2.24, 2.45) is 0 Å². The Hall–Kier alpha value is -3.75. The zero-order chi connectivity index (χ0) is 24.9. The van der Waals surface area contributed by atoms with Crippen molar-refractivity contribution in [2.45, 2.75) is 51.3 Å². The van der Waals surface area contributed by atoms with Gasteiger partial charge in [-0.15, -0.1) is 0 Å². The lowest BCUT2D eigenvalue weighted by molar-refractivity contribution is -0.139. The minimum absolute atomic E-state index is 0.101. The maximum Gasteiger partial charge on any atom is 0.408 e. The number of para-hydroxylation sites is 1. The van der Waals surface area contributed by atoms with Crippen molar-refractivity contribution in [2.75, 3.05) is 19.0 Å². The molecule has 182 valence electrons. The van der Waals surface area contributed by atoms with Crippen LogP contribution in [-0.4, -0.2) is 53.2 Å². The van der Waals surface area contributed by atoms with E-state index in [0.29, 0.717) is 17.0 Å². The van der Waals surface area contributed by atoms with Crippen LogP contribution in [0.2, 0.25) is 0 Å². The van der Waals surface area contributed by atoms with E-state index in [0.717, 1.165) is 12.8 Å². The van der Waals surface area contributed by atoms with Crippen LogP contribution in [0.1, 0.15) is 45.2 Å². The number of amides is 3. The van der Waals surface area contributed by atoms with Gasteiger partial charge in [0, 0.05) is 17.3 Å². The zero-order valence-electron chi connectivity index (χ0n) is 19.8. The second-order valence-corrected chi connectivity index (χ2v) is 9.07. The molecule has 0 saturated heterocycles. The molecule has 1 atom stereocenters. The number of nitrogens with one attached hydrogen (secondary N) is 2. The van der Waals surface area contributed by atoms with Crippen LogP contribution in [0.3, 0.4) is 0 Å². The highest BCUT2D eigenvalue weighted by atomic mass is 16.6. The molecule has 0 aromatic heterocycles. The fraction of sp³-hybridized carbons (Fsp3) is 0.400. The van der Waals surface area contributed by atoms with Gasteiger partial charge >= 0.3 is 6.09 Å². The van der Waals surface area contributed by atoms with Gasteiger partial charge < -0.3 is 30.1 Å². The van der Waals surface area contributed by atoms with Crippen LogP contribution in [0, 0.1) is 0 Å². The van der Waals surface area contributed by atoms with Crippen LogP contribution in [-0.2, 0) is 14.3 Å². The van der Waals surface area contributed by atoms with Crippen molar-refractivity contribution in [3.8, 4) is 11.5 Å². The summed E-state index contributed by atoms with van der Waals surface area (Å²) in [5.41, 5.74) is 0.104. The van der Waals surface area contributed by atoms with Gasteiger partial charge in [-0.25, -0.2) is 4.79 Å². The van der Waals surface area contributed by atoms with Crippen molar-refractivity contribution in [1.82, 2.24) is 10.2 Å². The average Bonchev–Trinajstić information content (AvgIpc) is 3.61. The second-order valence-electron chi connectivity index (χ2n) is 9.07. The minimum atomic E-state index is -1.09. The highest BCUT2D eigenvalue weighted by Crippen LogP contribution is 2.38. The number of alkyl carbamates (subject to hydrolysis) is 1. The molecule has 2 aromatic carbocycles. The predicted octanol–water partition coefficient (Wildman–Crippen LogP) is 3.60. The Labute approximate surface area is 199 Å². The van der Waals surface area contributed by atoms with Crippen molar-refractivity contribution >= 4 is 23.6 Å². The number of phenolic OH excluding ortho intramolecular Hbond substituents is 1. The SMILES string of the molecule is COc1ccc(NC(=O)C(c2ccccc2O)N(C(=O)CNC(=O)OC(C)(C)C)C2CC2)cc1.